The van der Waals surface area contributed by atoms with Gasteiger partial charge in [-0.2, -0.15) is 8.42 Å². The summed E-state index contributed by atoms with van der Waals surface area (Å²) in [7, 11) is -3.81. The van der Waals surface area contributed by atoms with Crippen LogP contribution < -0.4 is 14.8 Å². The lowest BCUT2D eigenvalue weighted by molar-refractivity contribution is 0.486. The molecule has 0 unspecified atom stereocenters. The van der Waals surface area contributed by atoms with Crippen LogP contribution >= 0.6 is 0 Å². The van der Waals surface area contributed by atoms with Gasteiger partial charge in [-0.05, 0) is 36.4 Å². The van der Waals surface area contributed by atoms with Crippen molar-refractivity contribution in [2.75, 3.05) is 18.4 Å². The van der Waals surface area contributed by atoms with E-state index in [4.69, 9.17) is 4.18 Å². The smallest absolute Gasteiger partial charge is 0.339 e. The zero-order valence-corrected chi connectivity index (χ0v) is 14.1. The van der Waals surface area contributed by atoms with Gasteiger partial charge in [-0.3, -0.25) is 0 Å². The van der Waals surface area contributed by atoms with E-state index in [1.54, 1.807) is 42.5 Å². The van der Waals surface area contributed by atoms with Gasteiger partial charge < -0.3 is 14.8 Å². The van der Waals surface area contributed by atoms with Crippen LogP contribution in [0.2, 0.25) is 0 Å². The summed E-state index contributed by atoms with van der Waals surface area (Å²) in [6, 6.07) is 15.4. The Kier molecular flexibility index (Phi) is 6.01. The average Bonchev–Trinajstić information content (AvgIpc) is 2.52. The molecule has 0 fully saturated rings. The summed E-state index contributed by atoms with van der Waals surface area (Å²) >= 11 is 0. The molecule has 2 aromatic rings. The van der Waals surface area contributed by atoms with Crippen molar-refractivity contribution in [3.05, 3.63) is 54.6 Å². The number of rotatable bonds is 8. The van der Waals surface area contributed by atoms with E-state index in [0.717, 1.165) is 18.8 Å². The van der Waals surface area contributed by atoms with Crippen molar-refractivity contribution in [2.45, 2.75) is 24.8 Å². The van der Waals surface area contributed by atoms with Crippen molar-refractivity contribution in [1.82, 2.24) is 5.32 Å². The topological polar surface area (TPSA) is 67.4 Å². The Bertz CT molecular complexity index is 698. The fraction of sp³-hybridized carbons (Fsp3) is 0.294. The Morgan fingerprint density at radius 1 is 0.957 bits per heavy atom. The second-order valence-corrected chi connectivity index (χ2v) is 6.96. The lowest BCUT2D eigenvalue weighted by Gasteiger charge is -2.11. The lowest BCUT2D eigenvalue weighted by atomic mass is 10.3. The van der Waals surface area contributed by atoms with E-state index in [1.807, 2.05) is 0 Å². The first-order valence-electron chi connectivity index (χ1n) is 7.54. The van der Waals surface area contributed by atoms with E-state index in [-0.39, 0.29) is 4.90 Å². The molecule has 0 aliphatic carbocycles. The molecule has 0 aromatic heterocycles. The molecule has 0 atom stereocenters. The Labute approximate surface area is 137 Å². The zero-order valence-electron chi connectivity index (χ0n) is 13.3. The fourth-order valence-electron chi connectivity index (χ4n) is 1.96. The minimum absolute atomic E-state index is 0.132. The highest BCUT2D eigenvalue weighted by molar-refractivity contribution is 7.87. The number of hydrogen-bond donors (Lipinski definition) is 2. The van der Waals surface area contributed by atoms with Crippen LogP contribution in [0.15, 0.2) is 59.5 Å². The highest BCUT2D eigenvalue weighted by Gasteiger charge is 2.16. The van der Waals surface area contributed by atoms with Gasteiger partial charge in [-0.25, -0.2) is 0 Å². The number of nitrogens with one attached hydrogen (secondary N) is 2. The summed E-state index contributed by atoms with van der Waals surface area (Å²) in [4.78, 5) is 0.132. The molecule has 0 spiro atoms. The number of anilines is 1. The Morgan fingerprint density at radius 2 is 1.61 bits per heavy atom. The molecule has 0 saturated carbocycles. The van der Waals surface area contributed by atoms with Crippen molar-refractivity contribution < 1.29 is 12.6 Å². The molecule has 0 heterocycles. The molecular formula is C17H22N2O3S. The molecule has 2 aromatic carbocycles. The van der Waals surface area contributed by atoms with Crippen molar-refractivity contribution in [1.29, 1.82) is 0 Å². The summed E-state index contributed by atoms with van der Waals surface area (Å²) in [5.74, 6) is 0.300. The molecule has 6 heteroatoms. The van der Waals surface area contributed by atoms with Crippen LogP contribution in [-0.2, 0) is 10.1 Å². The third-order valence-corrected chi connectivity index (χ3v) is 4.36. The third-order valence-electron chi connectivity index (χ3n) is 3.10. The Morgan fingerprint density at radius 3 is 2.22 bits per heavy atom. The fourth-order valence-corrected chi connectivity index (χ4v) is 2.89. The number of hydrogen-bond acceptors (Lipinski definition) is 5. The highest BCUT2D eigenvalue weighted by atomic mass is 32.2. The minimum Gasteiger partial charge on any atom is -0.384 e. The number of para-hydroxylation sites is 1. The van der Waals surface area contributed by atoms with Crippen molar-refractivity contribution in [2.24, 2.45) is 0 Å². The van der Waals surface area contributed by atoms with Crippen LogP contribution in [-0.4, -0.2) is 27.5 Å². The van der Waals surface area contributed by atoms with Gasteiger partial charge in [-0.15, -0.1) is 0 Å². The normalized spacial score (nSPS) is 11.4. The molecule has 0 saturated heterocycles. The lowest BCUT2D eigenvalue weighted by Crippen LogP contribution is -2.28. The van der Waals surface area contributed by atoms with Crippen LogP contribution in [0.1, 0.15) is 13.8 Å². The largest absolute Gasteiger partial charge is 0.384 e. The van der Waals surface area contributed by atoms with Gasteiger partial charge in [0.15, 0.2) is 0 Å². The molecule has 2 rings (SSSR count). The zero-order chi connectivity index (χ0) is 16.7. The maximum absolute atomic E-state index is 12.2. The van der Waals surface area contributed by atoms with Gasteiger partial charge in [0.05, 0.1) is 0 Å². The number of benzene rings is 2. The second kappa shape index (κ2) is 7.99. The minimum atomic E-state index is -3.81. The summed E-state index contributed by atoms with van der Waals surface area (Å²) in [5, 5.41) is 6.53. The molecule has 0 aliphatic heterocycles. The second-order valence-electron chi connectivity index (χ2n) is 5.41. The summed E-state index contributed by atoms with van der Waals surface area (Å²) in [5.41, 5.74) is 0.870. The molecule has 0 radical (unpaired) electrons. The van der Waals surface area contributed by atoms with Gasteiger partial charge in [0, 0.05) is 24.8 Å². The van der Waals surface area contributed by atoms with E-state index >= 15 is 0 Å². The molecule has 5 nitrogen and oxygen atoms in total. The molecular weight excluding hydrogens is 312 g/mol. The van der Waals surface area contributed by atoms with Gasteiger partial charge in [0.1, 0.15) is 10.6 Å². The Hall–Kier alpha value is -2.05. The first-order chi connectivity index (χ1) is 11.0. The molecule has 23 heavy (non-hydrogen) atoms. The van der Waals surface area contributed by atoms with E-state index in [9.17, 15) is 8.42 Å². The SMILES string of the molecule is CC(C)NCCNc1ccc(S(=O)(=O)Oc2ccccc2)cc1. The summed E-state index contributed by atoms with van der Waals surface area (Å²) < 4.78 is 29.5. The van der Waals surface area contributed by atoms with Crippen molar-refractivity contribution in [3.8, 4) is 5.75 Å². The van der Waals surface area contributed by atoms with Crippen molar-refractivity contribution >= 4 is 15.8 Å². The third kappa shape index (κ3) is 5.58. The highest BCUT2D eigenvalue weighted by Crippen LogP contribution is 2.19. The molecule has 0 bridgehead atoms. The molecule has 2 N–H and O–H groups in total. The van der Waals surface area contributed by atoms with Crippen LogP contribution in [0.25, 0.3) is 0 Å². The predicted molar refractivity (Wildman–Crippen MR) is 92.3 cm³/mol. The standard InChI is InChI=1S/C17H22N2O3S/c1-14(2)18-12-13-19-15-8-10-17(11-9-15)23(20,21)22-16-6-4-3-5-7-16/h3-11,14,18-19H,12-13H2,1-2H3. The molecule has 124 valence electrons. The quantitative estimate of drug-likeness (QED) is 0.574. The van der Waals surface area contributed by atoms with E-state index in [2.05, 4.69) is 24.5 Å². The van der Waals surface area contributed by atoms with Crippen LogP contribution in [0.4, 0.5) is 5.69 Å². The maximum Gasteiger partial charge on any atom is 0.339 e. The molecule has 0 amide bonds. The van der Waals surface area contributed by atoms with E-state index in [1.165, 1.54) is 12.1 Å². The predicted octanol–water partition coefficient (Wildman–Crippen LogP) is 2.86. The van der Waals surface area contributed by atoms with Crippen LogP contribution in [0.3, 0.4) is 0 Å². The van der Waals surface area contributed by atoms with Crippen LogP contribution in [0.5, 0.6) is 5.75 Å². The van der Waals surface area contributed by atoms with Crippen molar-refractivity contribution in [3.63, 3.8) is 0 Å². The van der Waals surface area contributed by atoms with E-state index in [0.29, 0.717) is 11.8 Å². The monoisotopic (exact) mass is 334 g/mol. The Balaban J connectivity index is 1.95. The van der Waals surface area contributed by atoms with Crippen LogP contribution in [0, 0.1) is 0 Å². The molecule has 0 aliphatic rings. The van der Waals surface area contributed by atoms with Gasteiger partial charge in [-0.1, -0.05) is 32.0 Å². The first kappa shape index (κ1) is 17.3. The average molecular weight is 334 g/mol. The van der Waals surface area contributed by atoms with E-state index < -0.39 is 10.1 Å². The summed E-state index contributed by atoms with van der Waals surface area (Å²) in [6.45, 7) is 5.79. The summed E-state index contributed by atoms with van der Waals surface area (Å²) in [6.07, 6.45) is 0. The first-order valence-corrected chi connectivity index (χ1v) is 8.95. The van der Waals surface area contributed by atoms with Gasteiger partial charge in [0.25, 0.3) is 0 Å². The van der Waals surface area contributed by atoms with Gasteiger partial charge in [0.2, 0.25) is 0 Å². The maximum atomic E-state index is 12.2. The van der Waals surface area contributed by atoms with Gasteiger partial charge >= 0.3 is 10.1 Å².